The molecule has 0 unspecified atom stereocenters. The first-order valence-corrected chi connectivity index (χ1v) is 6.85. The topological polar surface area (TPSA) is 35.1 Å². The van der Waals surface area contributed by atoms with Crippen LogP contribution in [0.2, 0.25) is 0 Å². The van der Waals surface area contributed by atoms with Gasteiger partial charge in [0.15, 0.2) is 17.2 Å². The third kappa shape index (κ3) is 2.35. The van der Waals surface area contributed by atoms with Crippen LogP contribution in [0.25, 0.3) is 11.1 Å². The minimum absolute atomic E-state index is 0.129. The van der Waals surface area contributed by atoms with Crippen molar-refractivity contribution in [2.45, 2.75) is 6.54 Å². The summed E-state index contributed by atoms with van der Waals surface area (Å²) in [6.45, 7) is 0.129. The summed E-state index contributed by atoms with van der Waals surface area (Å²) in [4.78, 5) is 11.8. The number of nitrogens with zero attached hydrogens (tertiary/aromatic N) is 1. The molecule has 0 bridgehead atoms. The minimum Gasteiger partial charge on any atom is -0.408 e. The van der Waals surface area contributed by atoms with Crippen LogP contribution in [0.15, 0.2) is 45.6 Å². The van der Waals surface area contributed by atoms with Crippen LogP contribution < -0.4 is 5.76 Å². The van der Waals surface area contributed by atoms with Crippen molar-refractivity contribution in [1.29, 1.82) is 0 Å². The number of hydrogen-bond acceptors (Lipinski definition) is 2. The molecule has 0 saturated carbocycles. The fourth-order valence-electron chi connectivity index (χ4n) is 2.01. The van der Waals surface area contributed by atoms with Gasteiger partial charge in [0.2, 0.25) is 0 Å². The second-order valence-corrected chi connectivity index (χ2v) is 5.56. The van der Waals surface area contributed by atoms with E-state index in [1.807, 2.05) is 6.07 Å². The number of halogens is 3. The zero-order valence-corrected chi connectivity index (χ0v) is 12.2. The standard InChI is InChI=1S/C14H8F2INO2/c15-10-3-1-8(5-11(10)16)7-18-12-4-2-9(17)6-13(12)20-14(18)19/h1-6H,7H2. The third-order valence-corrected chi connectivity index (χ3v) is 3.63. The fourth-order valence-corrected chi connectivity index (χ4v) is 2.47. The summed E-state index contributed by atoms with van der Waals surface area (Å²) in [5.41, 5.74) is 1.59. The molecule has 6 heteroatoms. The molecule has 0 spiro atoms. The van der Waals surface area contributed by atoms with Gasteiger partial charge in [-0.05, 0) is 58.5 Å². The van der Waals surface area contributed by atoms with Crippen molar-refractivity contribution >= 4 is 33.7 Å². The zero-order valence-electron chi connectivity index (χ0n) is 10.1. The van der Waals surface area contributed by atoms with Gasteiger partial charge in [0.05, 0.1) is 12.1 Å². The lowest BCUT2D eigenvalue weighted by Crippen LogP contribution is -2.15. The first-order valence-electron chi connectivity index (χ1n) is 5.77. The second kappa shape index (κ2) is 5.01. The molecule has 0 aliphatic carbocycles. The average molecular weight is 387 g/mol. The lowest BCUT2D eigenvalue weighted by atomic mass is 10.2. The Hall–Kier alpha value is -1.70. The van der Waals surface area contributed by atoms with Crippen molar-refractivity contribution in [3.05, 3.63) is 67.7 Å². The lowest BCUT2D eigenvalue weighted by molar-refractivity contribution is 0.502. The first kappa shape index (κ1) is 13.3. The van der Waals surface area contributed by atoms with Crippen molar-refractivity contribution in [1.82, 2.24) is 4.57 Å². The summed E-state index contributed by atoms with van der Waals surface area (Å²) in [5.74, 6) is -2.36. The van der Waals surface area contributed by atoms with Crippen molar-refractivity contribution < 1.29 is 13.2 Å². The summed E-state index contributed by atoms with van der Waals surface area (Å²) in [7, 11) is 0. The molecule has 102 valence electrons. The Morgan fingerprint density at radius 3 is 2.65 bits per heavy atom. The predicted molar refractivity (Wildman–Crippen MR) is 78.7 cm³/mol. The quantitative estimate of drug-likeness (QED) is 0.631. The molecule has 1 heterocycles. The molecule has 1 aromatic heterocycles. The van der Waals surface area contributed by atoms with Crippen molar-refractivity contribution in [2.75, 3.05) is 0 Å². The Balaban J connectivity index is 2.08. The van der Waals surface area contributed by atoms with E-state index >= 15 is 0 Å². The molecule has 0 amide bonds. The van der Waals surface area contributed by atoms with E-state index in [9.17, 15) is 13.6 Å². The van der Waals surface area contributed by atoms with E-state index in [0.29, 0.717) is 16.7 Å². The van der Waals surface area contributed by atoms with Gasteiger partial charge in [0, 0.05) is 3.57 Å². The first-order chi connectivity index (χ1) is 9.54. The van der Waals surface area contributed by atoms with E-state index in [-0.39, 0.29) is 6.54 Å². The fraction of sp³-hybridized carbons (Fsp3) is 0.0714. The van der Waals surface area contributed by atoms with Crippen LogP contribution >= 0.6 is 22.6 Å². The van der Waals surface area contributed by atoms with Gasteiger partial charge >= 0.3 is 5.76 Å². The summed E-state index contributed by atoms with van der Waals surface area (Å²) in [6, 6.07) is 8.92. The maximum absolute atomic E-state index is 13.2. The smallest absolute Gasteiger partial charge is 0.408 e. The second-order valence-electron chi connectivity index (χ2n) is 4.31. The number of rotatable bonds is 2. The Morgan fingerprint density at radius 1 is 1.10 bits per heavy atom. The predicted octanol–water partition coefficient (Wildman–Crippen LogP) is 3.53. The molecule has 20 heavy (non-hydrogen) atoms. The largest absolute Gasteiger partial charge is 0.420 e. The summed E-state index contributed by atoms with van der Waals surface area (Å²) in [6.07, 6.45) is 0. The highest BCUT2D eigenvalue weighted by molar-refractivity contribution is 14.1. The van der Waals surface area contributed by atoms with Gasteiger partial charge in [-0.2, -0.15) is 0 Å². The Bertz CT molecular complexity index is 854. The van der Waals surface area contributed by atoms with Crippen LogP contribution in [0.5, 0.6) is 0 Å². The lowest BCUT2D eigenvalue weighted by Gasteiger charge is -2.03. The molecule has 0 atom stereocenters. The molecule has 3 nitrogen and oxygen atoms in total. The molecule has 0 fully saturated rings. The molecule has 3 rings (SSSR count). The molecule has 0 radical (unpaired) electrons. The van der Waals surface area contributed by atoms with Crippen molar-refractivity contribution in [3.63, 3.8) is 0 Å². The maximum atomic E-state index is 13.2. The molecule has 2 aromatic carbocycles. The number of benzene rings is 2. The Kier molecular flexibility index (Phi) is 3.33. The van der Waals surface area contributed by atoms with E-state index in [0.717, 1.165) is 15.7 Å². The maximum Gasteiger partial charge on any atom is 0.420 e. The van der Waals surface area contributed by atoms with Gasteiger partial charge in [0.25, 0.3) is 0 Å². The Labute approximate surface area is 126 Å². The van der Waals surface area contributed by atoms with Crippen molar-refractivity contribution in [2.24, 2.45) is 0 Å². The van der Waals surface area contributed by atoms with E-state index in [1.165, 1.54) is 10.6 Å². The number of aromatic nitrogens is 1. The third-order valence-electron chi connectivity index (χ3n) is 2.96. The highest BCUT2D eigenvalue weighted by Gasteiger charge is 2.11. The van der Waals surface area contributed by atoms with Gasteiger partial charge < -0.3 is 4.42 Å². The van der Waals surface area contributed by atoms with Gasteiger partial charge in [-0.1, -0.05) is 6.07 Å². The minimum atomic E-state index is -0.933. The SMILES string of the molecule is O=c1oc2cc(I)ccc2n1Cc1ccc(F)c(F)c1. The van der Waals surface area contributed by atoms with Gasteiger partial charge in [-0.15, -0.1) is 0 Å². The molecule has 0 aliphatic rings. The van der Waals surface area contributed by atoms with Crippen LogP contribution in [0.1, 0.15) is 5.56 Å². The van der Waals surface area contributed by atoms with E-state index < -0.39 is 17.4 Å². The molecule has 0 saturated heterocycles. The number of hydrogen-bond donors (Lipinski definition) is 0. The molecule has 0 aliphatic heterocycles. The Morgan fingerprint density at radius 2 is 1.90 bits per heavy atom. The van der Waals surface area contributed by atoms with Gasteiger partial charge in [-0.3, -0.25) is 4.57 Å². The van der Waals surface area contributed by atoms with Crippen LogP contribution in [0.4, 0.5) is 8.78 Å². The van der Waals surface area contributed by atoms with Gasteiger partial charge in [-0.25, -0.2) is 13.6 Å². The van der Waals surface area contributed by atoms with E-state index in [2.05, 4.69) is 22.6 Å². The number of oxazole rings is 1. The van der Waals surface area contributed by atoms with Gasteiger partial charge in [0.1, 0.15) is 0 Å². The van der Waals surface area contributed by atoms with Crippen LogP contribution in [0, 0.1) is 15.2 Å². The molecular formula is C14H8F2INO2. The normalized spacial score (nSPS) is 11.2. The van der Waals surface area contributed by atoms with Crippen LogP contribution in [-0.4, -0.2) is 4.57 Å². The van der Waals surface area contributed by atoms with E-state index in [1.54, 1.807) is 12.1 Å². The zero-order chi connectivity index (χ0) is 14.3. The molecular weight excluding hydrogens is 379 g/mol. The van der Waals surface area contributed by atoms with Crippen LogP contribution in [0.3, 0.4) is 0 Å². The summed E-state index contributed by atoms with van der Waals surface area (Å²) >= 11 is 2.12. The van der Waals surface area contributed by atoms with Crippen LogP contribution in [-0.2, 0) is 6.54 Å². The summed E-state index contributed by atoms with van der Waals surface area (Å²) in [5, 5.41) is 0. The highest BCUT2D eigenvalue weighted by atomic mass is 127. The summed E-state index contributed by atoms with van der Waals surface area (Å²) < 4.78 is 33.6. The highest BCUT2D eigenvalue weighted by Crippen LogP contribution is 2.18. The molecule has 0 N–H and O–H groups in total. The average Bonchev–Trinajstić information content (AvgIpc) is 2.69. The monoisotopic (exact) mass is 387 g/mol. The van der Waals surface area contributed by atoms with Crippen molar-refractivity contribution in [3.8, 4) is 0 Å². The van der Waals surface area contributed by atoms with E-state index in [4.69, 9.17) is 4.42 Å². The number of fused-ring (bicyclic) bond motifs is 1. The molecule has 3 aromatic rings.